The molecule has 70 valence electrons. The summed E-state index contributed by atoms with van der Waals surface area (Å²) in [4.78, 5) is 3.92. The first-order chi connectivity index (χ1) is 6.75. The summed E-state index contributed by atoms with van der Waals surface area (Å²) >= 11 is 11.6. The van der Waals surface area contributed by atoms with E-state index in [1.807, 2.05) is 36.4 Å². The standard InChI is InChI=1S/C11H7Cl2N/c12-10-3-1-8(2-4-10)9-5-6-14-11(13)7-9/h1-7H. The van der Waals surface area contributed by atoms with Crippen LogP contribution in [-0.2, 0) is 0 Å². The van der Waals surface area contributed by atoms with Crippen molar-refractivity contribution in [2.45, 2.75) is 0 Å². The lowest BCUT2D eigenvalue weighted by atomic mass is 10.1. The second-order valence-electron chi connectivity index (χ2n) is 2.87. The van der Waals surface area contributed by atoms with Crippen LogP contribution in [0.3, 0.4) is 0 Å². The van der Waals surface area contributed by atoms with Gasteiger partial charge in [0.05, 0.1) is 0 Å². The zero-order valence-corrected chi connectivity index (χ0v) is 8.76. The fourth-order valence-corrected chi connectivity index (χ4v) is 1.52. The molecule has 0 saturated carbocycles. The summed E-state index contributed by atoms with van der Waals surface area (Å²) in [6, 6.07) is 11.3. The largest absolute Gasteiger partial charge is 0.245 e. The van der Waals surface area contributed by atoms with Crippen LogP contribution in [0, 0.1) is 0 Å². The van der Waals surface area contributed by atoms with Crippen molar-refractivity contribution in [3.8, 4) is 11.1 Å². The molecule has 0 saturated heterocycles. The molecule has 0 N–H and O–H groups in total. The second-order valence-corrected chi connectivity index (χ2v) is 3.70. The summed E-state index contributed by atoms with van der Waals surface area (Å²) in [5, 5.41) is 1.23. The molecule has 0 unspecified atom stereocenters. The lowest BCUT2D eigenvalue weighted by Crippen LogP contribution is -1.79. The van der Waals surface area contributed by atoms with E-state index >= 15 is 0 Å². The van der Waals surface area contributed by atoms with Crippen molar-refractivity contribution in [3.05, 3.63) is 52.8 Å². The van der Waals surface area contributed by atoms with Crippen LogP contribution in [0.1, 0.15) is 0 Å². The molecule has 0 aliphatic heterocycles. The minimum Gasteiger partial charge on any atom is -0.245 e. The van der Waals surface area contributed by atoms with E-state index in [0.717, 1.165) is 16.1 Å². The highest BCUT2D eigenvalue weighted by molar-refractivity contribution is 6.30. The SMILES string of the molecule is Clc1ccc(-c2ccnc(Cl)c2)cc1. The van der Waals surface area contributed by atoms with Gasteiger partial charge < -0.3 is 0 Å². The quantitative estimate of drug-likeness (QED) is 0.665. The molecule has 0 fully saturated rings. The Morgan fingerprint density at radius 1 is 0.857 bits per heavy atom. The lowest BCUT2D eigenvalue weighted by molar-refractivity contribution is 1.33. The Balaban J connectivity index is 2.44. The summed E-state index contributed by atoms with van der Waals surface area (Å²) in [6.07, 6.45) is 1.69. The minimum absolute atomic E-state index is 0.498. The van der Waals surface area contributed by atoms with Crippen molar-refractivity contribution in [2.24, 2.45) is 0 Å². The van der Waals surface area contributed by atoms with E-state index in [9.17, 15) is 0 Å². The van der Waals surface area contributed by atoms with Crippen LogP contribution in [0.25, 0.3) is 11.1 Å². The Labute approximate surface area is 92.3 Å². The third-order valence-electron chi connectivity index (χ3n) is 1.90. The third kappa shape index (κ3) is 2.06. The average molecular weight is 224 g/mol. The second kappa shape index (κ2) is 3.99. The number of aromatic nitrogens is 1. The van der Waals surface area contributed by atoms with E-state index in [0.29, 0.717) is 5.15 Å². The predicted octanol–water partition coefficient (Wildman–Crippen LogP) is 4.06. The molecule has 0 radical (unpaired) electrons. The molecule has 1 heterocycles. The van der Waals surface area contributed by atoms with E-state index in [4.69, 9.17) is 23.2 Å². The van der Waals surface area contributed by atoms with E-state index in [2.05, 4.69) is 4.98 Å². The summed E-state index contributed by atoms with van der Waals surface area (Å²) < 4.78 is 0. The van der Waals surface area contributed by atoms with Gasteiger partial charge in [-0.15, -0.1) is 0 Å². The van der Waals surface area contributed by atoms with Gasteiger partial charge in [0.2, 0.25) is 0 Å². The first kappa shape index (κ1) is 9.50. The molecule has 14 heavy (non-hydrogen) atoms. The molecule has 3 heteroatoms. The molecular formula is C11H7Cl2N. The van der Waals surface area contributed by atoms with Gasteiger partial charge in [-0.2, -0.15) is 0 Å². The van der Waals surface area contributed by atoms with Gasteiger partial charge in [0, 0.05) is 11.2 Å². The van der Waals surface area contributed by atoms with Gasteiger partial charge in [0.1, 0.15) is 5.15 Å². The maximum Gasteiger partial charge on any atom is 0.129 e. The van der Waals surface area contributed by atoms with Crippen molar-refractivity contribution in [1.29, 1.82) is 0 Å². The Morgan fingerprint density at radius 2 is 1.57 bits per heavy atom. The summed E-state index contributed by atoms with van der Waals surface area (Å²) in [5.74, 6) is 0. The normalized spacial score (nSPS) is 10.1. The zero-order valence-electron chi connectivity index (χ0n) is 7.24. The maximum absolute atomic E-state index is 5.79. The topological polar surface area (TPSA) is 12.9 Å². The number of rotatable bonds is 1. The van der Waals surface area contributed by atoms with Gasteiger partial charge in [0.15, 0.2) is 0 Å². The average Bonchev–Trinajstić information content (AvgIpc) is 2.19. The molecule has 2 aromatic rings. The number of nitrogens with zero attached hydrogens (tertiary/aromatic N) is 1. The molecule has 1 aromatic heterocycles. The summed E-state index contributed by atoms with van der Waals surface area (Å²) in [7, 11) is 0. The summed E-state index contributed by atoms with van der Waals surface area (Å²) in [5.41, 5.74) is 2.13. The van der Waals surface area contributed by atoms with Gasteiger partial charge in [-0.3, -0.25) is 0 Å². The molecule has 0 amide bonds. The van der Waals surface area contributed by atoms with E-state index in [1.54, 1.807) is 6.20 Å². The van der Waals surface area contributed by atoms with Gasteiger partial charge in [-0.1, -0.05) is 35.3 Å². The molecule has 1 aromatic carbocycles. The van der Waals surface area contributed by atoms with E-state index in [1.165, 1.54) is 0 Å². The monoisotopic (exact) mass is 223 g/mol. The zero-order chi connectivity index (χ0) is 9.97. The lowest BCUT2D eigenvalue weighted by Gasteiger charge is -2.01. The summed E-state index contributed by atoms with van der Waals surface area (Å²) in [6.45, 7) is 0. The highest BCUT2D eigenvalue weighted by Gasteiger charge is 1.98. The molecule has 0 aliphatic carbocycles. The Hall–Kier alpha value is -1.05. The molecule has 0 bridgehead atoms. The fraction of sp³-hybridized carbons (Fsp3) is 0. The van der Waals surface area contributed by atoms with Crippen LogP contribution in [0.2, 0.25) is 10.2 Å². The van der Waals surface area contributed by atoms with Crippen LogP contribution in [0.15, 0.2) is 42.6 Å². The number of hydrogen-bond donors (Lipinski definition) is 0. The minimum atomic E-state index is 0.498. The van der Waals surface area contributed by atoms with Crippen molar-refractivity contribution in [1.82, 2.24) is 4.98 Å². The Morgan fingerprint density at radius 3 is 2.21 bits per heavy atom. The van der Waals surface area contributed by atoms with Crippen molar-refractivity contribution in [3.63, 3.8) is 0 Å². The highest BCUT2D eigenvalue weighted by atomic mass is 35.5. The molecule has 1 nitrogen and oxygen atoms in total. The molecule has 0 aliphatic rings. The van der Waals surface area contributed by atoms with Gasteiger partial charge >= 0.3 is 0 Å². The van der Waals surface area contributed by atoms with E-state index < -0.39 is 0 Å². The van der Waals surface area contributed by atoms with Gasteiger partial charge in [-0.25, -0.2) is 4.98 Å². The number of pyridine rings is 1. The van der Waals surface area contributed by atoms with Crippen molar-refractivity contribution >= 4 is 23.2 Å². The van der Waals surface area contributed by atoms with E-state index in [-0.39, 0.29) is 0 Å². The van der Waals surface area contributed by atoms with Crippen LogP contribution < -0.4 is 0 Å². The third-order valence-corrected chi connectivity index (χ3v) is 2.36. The Kier molecular flexibility index (Phi) is 2.71. The van der Waals surface area contributed by atoms with Crippen LogP contribution in [0.5, 0.6) is 0 Å². The van der Waals surface area contributed by atoms with Crippen LogP contribution in [0.4, 0.5) is 0 Å². The number of halogens is 2. The van der Waals surface area contributed by atoms with Crippen LogP contribution >= 0.6 is 23.2 Å². The highest BCUT2D eigenvalue weighted by Crippen LogP contribution is 2.22. The van der Waals surface area contributed by atoms with Gasteiger partial charge in [-0.05, 0) is 35.4 Å². The Bertz CT molecular complexity index is 437. The van der Waals surface area contributed by atoms with Crippen LogP contribution in [-0.4, -0.2) is 4.98 Å². The first-order valence-electron chi connectivity index (χ1n) is 4.13. The predicted molar refractivity (Wildman–Crippen MR) is 59.7 cm³/mol. The maximum atomic E-state index is 5.79. The molecular weight excluding hydrogens is 217 g/mol. The van der Waals surface area contributed by atoms with Crippen molar-refractivity contribution < 1.29 is 0 Å². The fourth-order valence-electron chi connectivity index (χ4n) is 1.22. The molecule has 0 atom stereocenters. The first-order valence-corrected chi connectivity index (χ1v) is 4.89. The molecule has 2 rings (SSSR count). The smallest absolute Gasteiger partial charge is 0.129 e. The number of hydrogen-bond acceptors (Lipinski definition) is 1. The van der Waals surface area contributed by atoms with Crippen molar-refractivity contribution in [2.75, 3.05) is 0 Å². The molecule has 0 spiro atoms. The van der Waals surface area contributed by atoms with Gasteiger partial charge in [0.25, 0.3) is 0 Å². The number of benzene rings is 1.